The van der Waals surface area contributed by atoms with E-state index in [1.54, 1.807) is 36.7 Å². The molecular formula is C23H20FN5O3. The number of rotatable bonds is 7. The monoisotopic (exact) mass is 433 g/mol. The molecule has 0 spiro atoms. The minimum Gasteiger partial charge on any atom is -0.484 e. The third kappa shape index (κ3) is 5.07. The molecule has 4 rings (SSSR count). The van der Waals surface area contributed by atoms with Crippen molar-refractivity contribution in [3.8, 4) is 23.2 Å². The highest BCUT2D eigenvalue weighted by atomic mass is 19.1. The number of ether oxygens (including phenoxy) is 2. The first-order chi connectivity index (χ1) is 15.5. The van der Waals surface area contributed by atoms with Crippen LogP contribution >= 0.6 is 0 Å². The van der Waals surface area contributed by atoms with Crippen molar-refractivity contribution in [1.82, 2.24) is 19.5 Å². The first kappa shape index (κ1) is 21.0. The fraction of sp³-hybridized carbons (Fsp3) is 0.130. The molecule has 2 heterocycles. The van der Waals surface area contributed by atoms with E-state index < -0.39 is 0 Å². The van der Waals surface area contributed by atoms with Crippen LogP contribution in [-0.4, -0.2) is 32.0 Å². The fourth-order valence-corrected chi connectivity index (χ4v) is 2.85. The number of aryl methyl sites for hydroxylation is 1. The number of hydrogen-bond donors (Lipinski definition) is 1. The lowest BCUT2D eigenvalue weighted by atomic mass is 10.3. The molecule has 1 amide bonds. The van der Waals surface area contributed by atoms with Gasteiger partial charge in [-0.3, -0.25) is 9.36 Å². The summed E-state index contributed by atoms with van der Waals surface area (Å²) in [7, 11) is 0. The number of benzene rings is 2. The van der Waals surface area contributed by atoms with Crippen LogP contribution < -0.4 is 14.8 Å². The van der Waals surface area contributed by atoms with Gasteiger partial charge in [0.05, 0.1) is 5.69 Å². The lowest BCUT2D eigenvalue weighted by molar-refractivity contribution is -0.118. The van der Waals surface area contributed by atoms with Crippen molar-refractivity contribution in [1.29, 1.82) is 0 Å². The number of hydrogen-bond acceptors (Lipinski definition) is 6. The molecule has 32 heavy (non-hydrogen) atoms. The van der Waals surface area contributed by atoms with Gasteiger partial charge in [-0.1, -0.05) is 0 Å². The zero-order chi connectivity index (χ0) is 22.5. The molecule has 8 nitrogen and oxygen atoms in total. The highest BCUT2D eigenvalue weighted by Crippen LogP contribution is 2.23. The Morgan fingerprint density at radius 3 is 2.41 bits per heavy atom. The van der Waals surface area contributed by atoms with Gasteiger partial charge in [-0.05, 0) is 62.4 Å². The summed E-state index contributed by atoms with van der Waals surface area (Å²) >= 11 is 0. The second kappa shape index (κ2) is 9.25. The van der Waals surface area contributed by atoms with Gasteiger partial charge in [0.1, 0.15) is 35.8 Å². The maximum atomic E-state index is 12.9. The molecule has 4 aromatic rings. The van der Waals surface area contributed by atoms with Gasteiger partial charge in [0.25, 0.3) is 5.91 Å². The summed E-state index contributed by atoms with van der Waals surface area (Å²) in [5.74, 6) is 1.29. The molecule has 1 N–H and O–H groups in total. The first-order valence-electron chi connectivity index (χ1n) is 9.77. The van der Waals surface area contributed by atoms with Crippen molar-refractivity contribution in [3.05, 3.63) is 84.5 Å². The molecule has 0 fully saturated rings. The van der Waals surface area contributed by atoms with Crippen LogP contribution in [0, 0.1) is 19.7 Å². The standard InChI is InChI=1S/C23H20FN5O3/c1-15-16(2)29(14-27-15)21-11-23(26-13-25-21)32-20-9-5-18(6-10-20)28-22(30)12-31-19-7-3-17(24)4-8-19/h3-11,13-14H,12H2,1-2H3,(H,28,30). The van der Waals surface area contributed by atoms with E-state index in [0.717, 1.165) is 11.4 Å². The van der Waals surface area contributed by atoms with Gasteiger partial charge < -0.3 is 14.8 Å². The Kier molecular flexibility index (Phi) is 6.07. The van der Waals surface area contributed by atoms with Crippen LogP contribution in [0.25, 0.3) is 5.82 Å². The summed E-state index contributed by atoms with van der Waals surface area (Å²) in [6, 6.07) is 14.0. The van der Waals surface area contributed by atoms with E-state index in [9.17, 15) is 9.18 Å². The van der Waals surface area contributed by atoms with Crippen molar-refractivity contribution in [2.75, 3.05) is 11.9 Å². The summed E-state index contributed by atoms with van der Waals surface area (Å²) in [6.45, 7) is 3.70. The molecule has 0 radical (unpaired) electrons. The van der Waals surface area contributed by atoms with Crippen LogP contribution in [0.1, 0.15) is 11.4 Å². The number of imidazole rings is 1. The van der Waals surface area contributed by atoms with Gasteiger partial charge >= 0.3 is 0 Å². The van der Waals surface area contributed by atoms with Crippen LogP contribution in [0.5, 0.6) is 17.4 Å². The van der Waals surface area contributed by atoms with E-state index in [0.29, 0.717) is 28.9 Å². The molecule has 0 saturated carbocycles. The Hall–Kier alpha value is -4.27. The average molecular weight is 433 g/mol. The second-order valence-corrected chi connectivity index (χ2v) is 6.92. The molecule has 0 aliphatic carbocycles. The van der Waals surface area contributed by atoms with Crippen LogP contribution in [0.4, 0.5) is 10.1 Å². The topological polar surface area (TPSA) is 91.2 Å². The highest BCUT2D eigenvalue weighted by molar-refractivity contribution is 5.91. The number of carbonyl (C=O) groups excluding carboxylic acids is 1. The van der Waals surface area contributed by atoms with Gasteiger partial charge in [-0.15, -0.1) is 0 Å². The van der Waals surface area contributed by atoms with E-state index in [4.69, 9.17) is 9.47 Å². The van der Waals surface area contributed by atoms with E-state index in [2.05, 4.69) is 20.3 Å². The predicted molar refractivity (Wildman–Crippen MR) is 116 cm³/mol. The van der Waals surface area contributed by atoms with Crippen molar-refractivity contribution in [2.45, 2.75) is 13.8 Å². The molecular weight excluding hydrogens is 413 g/mol. The summed E-state index contributed by atoms with van der Waals surface area (Å²) in [5, 5.41) is 2.72. The number of nitrogens with one attached hydrogen (secondary N) is 1. The van der Waals surface area contributed by atoms with Crippen LogP contribution in [-0.2, 0) is 4.79 Å². The van der Waals surface area contributed by atoms with E-state index in [1.165, 1.54) is 30.6 Å². The third-order valence-electron chi connectivity index (χ3n) is 4.67. The van der Waals surface area contributed by atoms with E-state index in [-0.39, 0.29) is 18.3 Å². The summed E-state index contributed by atoms with van der Waals surface area (Å²) in [5.41, 5.74) is 2.49. The van der Waals surface area contributed by atoms with E-state index in [1.807, 2.05) is 18.4 Å². The van der Waals surface area contributed by atoms with Gasteiger partial charge in [-0.25, -0.2) is 19.3 Å². The average Bonchev–Trinajstić information content (AvgIpc) is 3.13. The second-order valence-electron chi connectivity index (χ2n) is 6.92. The lowest BCUT2D eigenvalue weighted by Crippen LogP contribution is -2.20. The van der Waals surface area contributed by atoms with Crippen LogP contribution in [0.2, 0.25) is 0 Å². The Morgan fingerprint density at radius 1 is 1.00 bits per heavy atom. The molecule has 0 saturated heterocycles. The van der Waals surface area contributed by atoms with Gasteiger partial charge in [0.15, 0.2) is 6.61 Å². The van der Waals surface area contributed by atoms with Crippen LogP contribution in [0.15, 0.2) is 67.3 Å². The zero-order valence-corrected chi connectivity index (χ0v) is 17.4. The zero-order valence-electron chi connectivity index (χ0n) is 17.4. The lowest BCUT2D eigenvalue weighted by Gasteiger charge is -2.10. The fourth-order valence-electron chi connectivity index (χ4n) is 2.85. The molecule has 0 aliphatic heterocycles. The molecule has 9 heteroatoms. The molecule has 2 aromatic heterocycles. The molecule has 0 bridgehead atoms. The Bertz CT molecular complexity index is 1220. The van der Waals surface area contributed by atoms with Crippen molar-refractivity contribution >= 4 is 11.6 Å². The molecule has 2 aromatic carbocycles. The van der Waals surface area contributed by atoms with Crippen molar-refractivity contribution < 1.29 is 18.7 Å². The quantitative estimate of drug-likeness (QED) is 0.469. The number of nitrogens with zero attached hydrogens (tertiary/aromatic N) is 4. The first-order valence-corrected chi connectivity index (χ1v) is 9.77. The smallest absolute Gasteiger partial charge is 0.262 e. The van der Waals surface area contributed by atoms with Crippen molar-refractivity contribution in [3.63, 3.8) is 0 Å². The molecule has 0 aliphatic rings. The largest absolute Gasteiger partial charge is 0.484 e. The molecule has 0 unspecified atom stereocenters. The number of amides is 1. The molecule has 0 atom stereocenters. The normalized spacial score (nSPS) is 10.6. The van der Waals surface area contributed by atoms with Crippen LogP contribution in [0.3, 0.4) is 0 Å². The maximum Gasteiger partial charge on any atom is 0.262 e. The number of carbonyl (C=O) groups is 1. The SMILES string of the molecule is Cc1ncn(-c2cc(Oc3ccc(NC(=O)COc4ccc(F)cc4)cc3)ncn2)c1C. The summed E-state index contributed by atoms with van der Waals surface area (Å²) < 4.78 is 25.9. The van der Waals surface area contributed by atoms with Gasteiger partial charge in [-0.2, -0.15) is 0 Å². The van der Waals surface area contributed by atoms with Gasteiger partial charge in [0.2, 0.25) is 5.88 Å². The Morgan fingerprint density at radius 2 is 1.72 bits per heavy atom. The highest BCUT2D eigenvalue weighted by Gasteiger charge is 2.09. The summed E-state index contributed by atoms with van der Waals surface area (Å²) in [6.07, 6.45) is 3.13. The third-order valence-corrected chi connectivity index (χ3v) is 4.67. The minimum atomic E-state index is -0.366. The Balaban J connectivity index is 1.34. The number of anilines is 1. The Labute approximate surface area is 183 Å². The summed E-state index contributed by atoms with van der Waals surface area (Å²) in [4.78, 5) is 24.8. The van der Waals surface area contributed by atoms with Crippen molar-refractivity contribution in [2.24, 2.45) is 0 Å². The van der Waals surface area contributed by atoms with Gasteiger partial charge in [0, 0.05) is 17.4 Å². The number of halogens is 1. The number of aromatic nitrogens is 4. The minimum absolute atomic E-state index is 0.194. The van der Waals surface area contributed by atoms with E-state index >= 15 is 0 Å². The maximum absolute atomic E-state index is 12.9. The molecule has 162 valence electrons. The predicted octanol–water partition coefficient (Wildman–Crippen LogP) is 4.23.